The van der Waals surface area contributed by atoms with Gasteiger partial charge in [0.2, 0.25) is 5.89 Å². The predicted molar refractivity (Wildman–Crippen MR) is 83.7 cm³/mol. The zero-order valence-corrected chi connectivity index (χ0v) is 12.7. The summed E-state index contributed by atoms with van der Waals surface area (Å²) in [4.78, 5) is 17.6. The number of aromatic nitrogens is 1. The second-order valence-electron chi connectivity index (χ2n) is 5.46. The van der Waals surface area contributed by atoms with Crippen LogP contribution in [0.1, 0.15) is 37.4 Å². The summed E-state index contributed by atoms with van der Waals surface area (Å²) >= 11 is 0. The highest BCUT2D eigenvalue weighted by Crippen LogP contribution is 2.22. The molecule has 1 saturated heterocycles. The third-order valence-electron chi connectivity index (χ3n) is 3.88. The number of oxazole rings is 1. The van der Waals surface area contributed by atoms with Crippen molar-refractivity contribution in [2.45, 2.75) is 25.9 Å². The van der Waals surface area contributed by atoms with Gasteiger partial charge in [0.15, 0.2) is 0 Å². The van der Waals surface area contributed by atoms with E-state index in [0.29, 0.717) is 19.0 Å². The van der Waals surface area contributed by atoms with Crippen LogP contribution in [-0.4, -0.2) is 24.1 Å². The second kappa shape index (κ2) is 6.19. The molecule has 0 bridgehead atoms. The standard InChI is InChI=1S/C16H20N4O2/c1-11(19-12(2)15-17-8-10-22-15)13-3-5-14(6-4-13)20-9-7-18-16(20)21/h3-6,8,10-12,19H,7,9H2,1-2H3,(H,18,21). The first-order valence-electron chi connectivity index (χ1n) is 7.46. The molecule has 116 valence electrons. The molecule has 1 aromatic heterocycles. The van der Waals surface area contributed by atoms with E-state index in [4.69, 9.17) is 4.42 Å². The van der Waals surface area contributed by atoms with Gasteiger partial charge in [0, 0.05) is 24.8 Å². The fourth-order valence-electron chi connectivity index (χ4n) is 2.65. The number of urea groups is 1. The molecule has 1 aliphatic rings. The summed E-state index contributed by atoms with van der Waals surface area (Å²) in [5.74, 6) is 0.678. The number of anilines is 1. The molecule has 6 heteroatoms. The average molecular weight is 300 g/mol. The minimum absolute atomic E-state index is 0.0311. The Balaban J connectivity index is 1.66. The first kappa shape index (κ1) is 14.6. The van der Waals surface area contributed by atoms with Gasteiger partial charge in [-0.2, -0.15) is 0 Å². The van der Waals surface area contributed by atoms with E-state index in [1.165, 1.54) is 0 Å². The molecular formula is C16H20N4O2. The van der Waals surface area contributed by atoms with Gasteiger partial charge < -0.3 is 9.73 Å². The van der Waals surface area contributed by atoms with Crippen molar-refractivity contribution in [2.75, 3.05) is 18.0 Å². The maximum atomic E-state index is 11.7. The van der Waals surface area contributed by atoms with E-state index in [0.717, 1.165) is 11.3 Å². The molecule has 2 heterocycles. The van der Waals surface area contributed by atoms with Crippen molar-refractivity contribution in [3.05, 3.63) is 48.2 Å². The number of carbonyl (C=O) groups excluding carboxylic acids is 1. The molecule has 1 aromatic carbocycles. The third-order valence-corrected chi connectivity index (χ3v) is 3.88. The van der Waals surface area contributed by atoms with E-state index in [9.17, 15) is 4.79 Å². The molecule has 2 amide bonds. The Morgan fingerprint density at radius 1 is 1.27 bits per heavy atom. The number of carbonyl (C=O) groups is 1. The van der Waals surface area contributed by atoms with E-state index < -0.39 is 0 Å². The van der Waals surface area contributed by atoms with E-state index in [1.807, 2.05) is 31.2 Å². The highest BCUT2D eigenvalue weighted by Gasteiger charge is 2.21. The molecule has 0 radical (unpaired) electrons. The van der Waals surface area contributed by atoms with E-state index in [-0.39, 0.29) is 18.1 Å². The van der Waals surface area contributed by atoms with Crippen molar-refractivity contribution in [3.8, 4) is 0 Å². The number of hydrogen-bond acceptors (Lipinski definition) is 4. The maximum absolute atomic E-state index is 11.7. The molecule has 0 spiro atoms. The largest absolute Gasteiger partial charge is 0.447 e. The number of benzene rings is 1. The van der Waals surface area contributed by atoms with Gasteiger partial charge in [0.05, 0.1) is 12.2 Å². The van der Waals surface area contributed by atoms with Crippen LogP contribution < -0.4 is 15.5 Å². The Kier molecular flexibility index (Phi) is 4.11. The molecule has 2 aromatic rings. The summed E-state index contributed by atoms with van der Waals surface area (Å²) in [5, 5.41) is 6.25. The Bertz CT molecular complexity index is 624. The topological polar surface area (TPSA) is 70.4 Å². The molecule has 2 N–H and O–H groups in total. The normalized spacial score (nSPS) is 17.4. The molecule has 3 rings (SSSR count). The van der Waals surface area contributed by atoms with Crippen LogP contribution in [0.25, 0.3) is 0 Å². The van der Waals surface area contributed by atoms with Gasteiger partial charge in [0.1, 0.15) is 6.26 Å². The molecule has 2 atom stereocenters. The summed E-state index contributed by atoms with van der Waals surface area (Å²) in [5.41, 5.74) is 2.08. The summed E-state index contributed by atoms with van der Waals surface area (Å²) in [7, 11) is 0. The van der Waals surface area contributed by atoms with Crippen LogP contribution in [0.2, 0.25) is 0 Å². The fraction of sp³-hybridized carbons (Fsp3) is 0.375. The van der Waals surface area contributed by atoms with E-state index in [2.05, 4.69) is 22.5 Å². The number of hydrogen-bond donors (Lipinski definition) is 2. The molecular weight excluding hydrogens is 280 g/mol. The molecule has 0 saturated carbocycles. The lowest BCUT2D eigenvalue weighted by Crippen LogP contribution is -2.27. The Morgan fingerprint density at radius 2 is 2.05 bits per heavy atom. The van der Waals surface area contributed by atoms with E-state index in [1.54, 1.807) is 17.4 Å². The van der Waals surface area contributed by atoms with Crippen LogP contribution in [-0.2, 0) is 0 Å². The zero-order chi connectivity index (χ0) is 15.5. The lowest BCUT2D eigenvalue weighted by Gasteiger charge is -2.20. The van der Waals surface area contributed by atoms with Crippen molar-refractivity contribution in [1.29, 1.82) is 0 Å². The maximum Gasteiger partial charge on any atom is 0.321 e. The van der Waals surface area contributed by atoms with Gasteiger partial charge in [-0.05, 0) is 31.5 Å². The molecule has 0 aliphatic carbocycles. The molecule has 6 nitrogen and oxygen atoms in total. The number of rotatable bonds is 5. The second-order valence-corrected chi connectivity index (χ2v) is 5.46. The first-order chi connectivity index (χ1) is 10.6. The van der Waals surface area contributed by atoms with Crippen LogP contribution in [0.3, 0.4) is 0 Å². The SMILES string of the molecule is CC(NC(C)c1ncco1)c1ccc(N2CCNC2=O)cc1. The van der Waals surface area contributed by atoms with Gasteiger partial charge >= 0.3 is 6.03 Å². The molecule has 1 aliphatic heterocycles. The van der Waals surface area contributed by atoms with Gasteiger partial charge in [-0.15, -0.1) is 0 Å². The molecule has 1 fully saturated rings. The predicted octanol–water partition coefficient (Wildman–Crippen LogP) is 2.62. The van der Waals surface area contributed by atoms with Crippen molar-refractivity contribution >= 4 is 11.7 Å². The lowest BCUT2D eigenvalue weighted by atomic mass is 10.1. The first-order valence-corrected chi connectivity index (χ1v) is 7.46. The van der Waals surface area contributed by atoms with Crippen LogP contribution in [0, 0.1) is 0 Å². The smallest absolute Gasteiger partial charge is 0.321 e. The van der Waals surface area contributed by atoms with Crippen LogP contribution in [0.15, 0.2) is 41.1 Å². The zero-order valence-electron chi connectivity index (χ0n) is 12.7. The number of nitrogens with one attached hydrogen (secondary N) is 2. The highest BCUT2D eigenvalue weighted by molar-refractivity contribution is 5.93. The molecule has 22 heavy (non-hydrogen) atoms. The van der Waals surface area contributed by atoms with Crippen LogP contribution >= 0.6 is 0 Å². The minimum Gasteiger partial charge on any atom is -0.447 e. The van der Waals surface area contributed by atoms with Crippen LogP contribution in [0.5, 0.6) is 0 Å². The lowest BCUT2D eigenvalue weighted by molar-refractivity contribution is 0.252. The van der Waals surface area contributed by atoms with Crippen molar-refractivity contribution in [1.82, 2.24) is 15.6 Å². The van der Waals surface area contributed by atoms with Gasteiger partial charge in [-0.25, -0.2) is 9.78 Å². The molecule has 2 unspecified atom stereocenters. The van der Waals surface area contributed by atoms with Crippen molar-refractivity contribution < 1.29 is 9.21 Å². The summed E-state index contributed by atoms with van der Waals surface area (Å²) < 4.78 is 5.31. The van der Waals surface area contributed by atoms with Gasteiger partial charge in [0.25, 0.3) is 0 Å². The van der Waals surface area contributed by atoms with Gasteiger partial charge in [-0.1, -0.05) is 12.1 Å². The van der Waals surface area contributed by atoms with Crippen molar-refractivity contribution in [2.24, 2.45) is 0 Å². The van der Waals surface area contributed by atoms with Gasteiger partial charge in [-0.3, -0.25) is 10.2 Å². The minimum atomic E-state index is -0.0311. The third kappa shape index (κ3) is 2.96. The monoisotopic (exact) mass is 300 g/mol. The average Bonchev–Trinajstić information content (AvgIpc) is 3.18. The quantitative estimate of drug-likeness (QED) is 0.890. The van der Waals surface area contributed by atoms with Crippen molar-refractivity contribution in [3.63, 3.8) is 0 Å². The number of amides is 2. The van der Waals surface area contributed by atoms with E-state index >= 15 is 0 Å². The Hall–Kier alpha value is -2.34. The Labute approximate surface area is 129 Å². The number of nitrogens with zero attached hydrogens (tertiary/aromatic N) is 2. The Morgan fingerprint density at radius 3 is 2.64 bits per heavy atom. The summed E-state index contributed by atoms with van der Waals surface area (Å²) in [6.07, 6.45) is 3.22. The van der Waals surface area contributed by atoms with Crippen LogP contribution in [0.4, 0.5) is 10.5 Å². The highest BCUT2D eigenvalue weighted by atomic mass is 16.3. The fourth-order valence-corrected chi connectivity index (χ4v) is 2.65. The summed E-state index contributed by atoms with van der Waals surface area (Å²) in [6, 6.07) is 8.21. The summed E-state index contributed by atoms with van der Waals surface area (Å²) in [6.45, 7) is 5.53.